The number of aryl methyl sites for hydroxylation is 1. The third kappa shape index (κ3) is 5.35. The molecule has 2 heterocycles. The molecule has 51 heavy (non-hydrogen) atoms. The van der Waals surface area contributed by atoms with E-state index in [0.717, 1.165) is 46.0 Å². The number of fused-ring (bicyclic) bond motifs is 2. The molecule has 0 saturated carbocycles. The van der Waals surface area contributed by atoms with Crippen LogP contribution in [0.2, 0.25) is 0 Å². The van der Waals surface area contributed by atoms with Crippen LogP contribution < -0.4 is 4.90 Å². The van der Waals surface area contributed by atoms with E-state index < -0.39 is 0 Å². The second-order valence-corrected chi connectivity index (χ2v) is 13.3. The molecule has 3 heteroatoms. The van der Waals surface area contributed by atoms with Gasteiger partial charge in [0.2, 0.25) is 0 Å². The largest absolute Gasteiger partial charge is 0.310 e. The van der Waals surface area contributed by atoms with Crippen molar-refractivity contribution in [3.8, 4) is 50.7 Å². The molecule has 0 fully saturated rings. The monoisotopic (exact) mass is 655 g/mol. The fourth-order valence-electron chi connectivity index (χ4n) is 7.84. The summed E-state index contributed by atoms with van der Waals surface area (Å²) in [5, 5.41) is 0. The highest BCUT2D eigenvalue weighted by Gasteiger charge is 2.28. The minimum absolute atomic E-state index is 0.896. The Morgan fingerprint density at radius 2 is 1.06 bits per heavy atom. The average Bonchev–Trinajstić information content (AvgIpc) is 3.60. The number of anilines is 3. The second-order valence-electron chi connectivity index (χ2n) is 13.3. The molecule has 1 aliphatic heterocycles. The first-order valence-electron chi connectivity index (χ1n) is 17.6. The van der Waals surface area contributed by atoms with Crippen molar-refractivity contribution in [1.29, 1.82) is 0 Å². The second kappa shape index (κ2) is 12.8. The zero-order chi connectivity index (χ0) is 34.3. The molecular weight excluding hydrogens is 619 g/mol. The van der Waals surface area contributed by atoms with Crippen molar-refractivity contribution in [2.24, 2.45) is 0 Å². The first-order valence-corrected chi connectivity index (χ1v) is 17.6. The van der Waals surface area contributed by atoms with Crippen molar-refractivity contribution in [2.75, 3.05) is 4.90 Å². The summed E-state index contributed by atoms with van der Waals surface area (Å²) in [7, 11) is 0. The van der Waals surface area contributed by atoms with Gasteiger partial charge in [0, 0.05) is 40.2 Å². The van der Waals surface area contributed by atoms with Crippen molar-refractivity contribution in [3.05, 3.63) is 198 Å². The van der Waals surface area contributed by atoms with E-state index in [1.165, 1.54) is 50.4 Å². The summed E-state index contributed by atoms with van der Waals surface area (Å²) in [5.41, 5.74) is 17.9. The van der Waals surface area contributed by atoms with Crippen LogP contribution in [0.25, 0.3) is 50.7 Å². The molecule has 0 N–H and O–H groups in total. The van der Waals surface area contributed by atoms with Gasteiger partial charge in [0.15, 0.2) is 0 Å². The van der Waals surface area contributed by atoms with E-state index in [1.807, 2.05) is 0 Å². The molecule has 0 amide bonds. The first kappa shape index (κ1) is 30.6. The molecule has 244 valence electrons. The van der Waals surface area contributed by atoms with Gasteiger partial charge in [0.1, 0.15) is 5.82 Å². The Morgan fingerprint density at radius 3 is 1.76 bits per heavy atom. The van der Waals surface area contributed by atoms with Crippen molar-refractivity contribution in [1.82, 2.24) is 9.55 Å². The molecule has 0 spiro atoms. The first-order chi connectivity index (χ1) is 25.2. The van der Waals surface area contributed by atoms with E-state index in [2.05, 4.69) is 199 Å². The highest BCUT2D eigenvalue weighted by atomic mass is 15.2. The molecule has 0 aliphatic carbocycles. The van der Waals surface area contributed by atoms with Crippen molar-refractivity contribution in [2.45, 2.75) is 20.3 Å². The molecule has 8 aromatic rings. The van der Waals surface area contributed by atoms with Gasteiger partial charge in [-0.2, -0.15) is 0 Å². The smallest absolute Gasteiger partial charge is 0.145 e. The normalized spacial score (nSPS) is 12.0. The van der Waals surface area contributed by atoms with Crippen LogP contribution in [-0.4, -0.2) is 9.55 Å². The van der Waals surface area contributed by atoms with E-state index in [4.69, 9.17) is 4.98 Å². The van der Waals surface area contributed by atoms with E-state index in [-0.39, 0.29) is 0 Å². The minimum atomic E-state index is 0.896. The molecule has 3 nitrogen and oxygen atoms in total. The lowest BCUT2D eigenvalue weighted by molar-refractivity contribution is 1.06. The van der Waals surface area contributed by atoms with Gasteiger partial charge in [-0.1, -0.05) is 133 Å². The highest BCUT2D eigenvalue weighted by Crippen LogP contribution is 2.48. The zero-order valence-corrected chi connectivity index (χ0v) is 28.8. The van der Waals surface area contributed by atoms with E-state index in [9.17, 15) is 0 Å². The van der Waals surface area contributed by atoms with E-state index in [0.29, 0.717) is 0 Å². The van der Waals surface area contributed by atoms with Crippen molar-refractivity contribution < 1.29 is 0 Å². The topological polar surface area (TPSA) is 21.1 Å². The molecular formula is C48H37N3. The maximum Gasteiger partial charge on any atom is 0.145 e. The number of hydrogen-bond acceptors (Lipinski definition) is 2. The summed E-state index contributed by atoms with van der Waals surface area (Å²) < 4.78 is 2.33. The van der Waals surface area contributed by atoms with Gasteiger partial charge in [-0.25, -0.2) is 4.98 Å². The number of para-hydroxylation sites is 3. The van der Waals surface area contributed by atoms with Crippen LogP contribution in [0, 0.1) is 13.8 Å². The summed E-state index contributed by atoms with van der Waals surface area (Å²) in [6.45, 7) is 4.56. The van der Waals surface area contributed by atoms with E-state index in [1.54, 1.807) is 0 Å². The minimum Gasteiger partial charge on any atom is -0.310 e. The van der Waals surface area contributed by atoms with Crippen LogP contribution in [0.15, 0.2) is 176 Å². The van der Waals surface area contributed by atoms with E-state index >= 15 is 0 Å². The maximum atomic E-state index is 5.48. The molecule has 7 aromatic carbocycles. The van der Waals surface area contributed by atoms with Gasteiger partial charge in [-0.3, -0.25) is 4.57 Å². The number of hydrogen-bond donors (Lipinski definition) is 0. The molecule has 9 rings (SSSR count). The van der Waals surface area contributed by atoms with Crippen molar-refractivity contribution in [3.63, 3.8) is 0 Å². The number of nitrogens with zero attached hydrogens (tertiary/aromatic N) is 3. The zero-order valence-electron chi connectivity index (χ0n) is 28.8. The van der Waals surface area contributed by atoms with Gasteiger partial charge in [-0.15, -0.1) is 0 Å². The molecule has 1 aromatic heterocycles. The Balaban J connectivity index is 1.24. The molecule has 1 aliphatic rings. The Morgan fingerprint density at radius 1 is 0.490 bits per heavy atom. The highest BCUT2D eigenvalue weighted by molar-refractivity contribution is 5.89. The van der Waals surface area contributed by atoms with Crippen LogP contribution in [0.3, 0.4) is 0 Å². The van der Waals surface area contributed by atoms with Crippen LogP contribution in [-0.2, 0) is 6.42 Å². The van der Waals surface area contributed by atoms with Crippen LogP contribution in [0.1, 0.15) is 22.3 Å². The Bertz CT molecular complexity index is 2500. The predicted octanol–water partition coefficient (Wildman–Crippen LogP) is 12.5. The summed E-state index contributed by atoms with van der Waals surface area (Å²) in [6, 6.07) is 62.7. The fraction of sp³-hybridized carbons (Fsp3) is 0.0625. The Kier molecular flexibility index (Phi) is 7.67. The predicted molar refractivity (Wildman–Crippen MR) is 212 cm³/mol. The number of imidazole rings is 1. The quantitative estimate of drug-likeness (QED) is 0.178. The van der Waals surface area contributed by atoms with Crippen molar-refractivity contribution >= 4 is 17.1 Å². The Labute approximate surface area is 299 Å². The van der Waals surface area contributed by atoms with Gasteiger partial charge in [-0.05, 0) is 89.7 Å². The van der Waals surface area contributed by atoms with Gasteiger partial charge >= 0.3 is 0 Å². The Hall–Kier alpha value is -6.45. The SMILES string of the molecule is Cc1cc2c(c(C)c1-c1cccc(-c3nc(-c4ccccc4)c(-c4ccccc4)n3-c3ccccc3)c1)Cc1ccccc1N2c1ccccc1. The molecule has 0 unspecified atom stereocenters. The molecule has 0 saturated heterocycles. The summed E-state index contributed by atoms with van der Waals surface area (Å²) in [5.74, 6) is 0.915. The summed E-state index contributed by atoms with van der Waals surface area (Å²) in [6.07, 6.45) is 0.896. The lowest BCUT2D eigenvalue weighted by atomic mass is 9.85. The third-order valence-corrected chi connectivity index (χ3v) is 10.1. The number of rotatable bonds is 6. The van der Waals surface area contributed by atoms with Gasteiger partial charge in [0.25, 0.3) is 0 Å². The number of aromatic nitrogens is 2. The average molecular weight is 656 g/mol. The van der Waals surface area contributed by atoms with Gasteiger partial charge < -0.3 is 4.90 Å². The van der Waals surface area contributed by atoms with Gasteiger partial charge in [0.05, 0.1) is 17.1 Å². The number of benzene rings is 7. The summed E-state index contributed by atoms with van der Waals surface area (Å²) in [4.78, 5) is 7.91. The lowest BCUT2D eigenvalue weighted by Gasteiger charge is -2.35. The fourth-order valence-corrected chi connectivity index (χ4v) is 7.84. The summed E-state index contributed by atoms with van der Waals surface area (Å²) >= 11 is 0. The van der Waals surface area contributed by atoms with Crippen LogP contribution >= 0.6 is 0 Å². The standard InChI is InChI=1S/C48H37N3/c1-33-30-44-42(32-37-22-15-16-29-43(37)50(44)40-25-11-5-12-26-40)34(2)45(33)38-23-17-24-39(31-38)48-49-46(35-18-7-3-8-19-35)47(36-20-9-4-10-21-36)51(48)41-27-13-6-14-28-41/h3-31H,32H2,1-2H3. The molecule has 0 radical (unpaired) electrons. The van der Waals surface area contributed by atoms with Crippen LogP contribution in [0.4, 0.5) is 17.1 Å². The third-order valence-electron chi connectivity index (χ3n) is 10.1. The lowest BCUT2D eigenvalue weighted by Crippen LogP contribution is -2.20. The van der Waals surface area contributed by atoms with Crippen LogP contribution in [0.5, 0.6) is 0 Å². The molecule has 0 atom stereocenters. The maximum absolute atomic E-state index is 5.48. The molecule has 0 bridgehead atoms.